The van der Waals surface area contributed by atoms with Crippen LogP contribution >= 0.6 is 11.8 Å². The zero-order chi connectivity index (χ0) is 13.2. The van der Waals surface area contributed by atoms with Gasteiger partial charge in [0.2, 0.25) is 0 Å². The maximum absolute atomic E-state index is 6.17. The van der Waals surface area contributed by atoms with Gasteiger partial charge < -0.3 is 10.5 Å². The molecule has 0 spiro atoms. The molecule has 4 heteroatoms. The first-order valence-electron chi connectivity index (χ1n) is 7.22. The van der Waals surface area contributed by atoms with Crippen LogP contribution in [0.3, 0.4) is 0 Å². The first kappa shape index (κ1) is 14.6. The van der Waals surface area contributed by atoms with Crippen molar-refractivity contribution in [2.24, 2.45) is 5.73 Å². The van der Waals surface area contributed by atoms with Gasteiger partial charge in [0, 0.05) is 42.3 Å². The summed E-state index contributed by atoms with van der Waals surface area (Å²) in [6.45, 7) is 10.9. The number of nitrogens with two attached hydrogens (primary N) is 1. The zero-order valence-electron chi connectivity index (χ0n) is 12.1. The number of ether oxygens (including phenoxy) is 1. The Labute approximate surface area is 116 Å². The van der Waals surface area contributed by atoms with E-state index in [4.69, 9.17) is 10.5 Å². The lowest BCUT2D eigenvalue weighted by Gasteiger charge is -2.52. The molecule has 2 N–H and O–H groups in total. The van der Waals surface area contributed by atoms with E-state index >= 15 is 0 Å². The standard InChI is InChI=1S/C14H28N2OS/c1-4-12-9-14(10-15,5-7-17-12)16-6-8-18-13(2,3)11-16/h12H,4-11,15H2,1-3H3. The topological polar surface area (TPSA) is 38.5 Å². The molecule has 0 aromatic heterocycles. The minimum absolute atomic E-state index is 0.192. The molecule has 0 bridgehead atoms. The first-order chi connectivity index (χ1) is 8.51. The summed E-state index contributed by atoms with van der Waals surface area (Å²) < 4.78 is 6.20. The molecule has 0 aromatic rings. The van der Waals surface area contributed by atoms with Gasteiger partial charge in [-0.25, -0.2) is 0 Å². The highest BCUT2D eigenvalue weighted by Gasteiger charge is 2.43. The van der Waals surface area contributed by atoms with E-state index in [-0.39, 0.29) is 5.54 Å². The molecule has 2 heterocycles. The van der Waals surface area contributed by atoms with E-state index in [1.165, 1.54) is 12.3 Å². The van der Waals surface area contributed by atoms with Crippen LogP contribution in [0.15, 0.2) is 0 Å². The van der Waals surface area contributed by atoms with Crippen molar-refractivity contribution in [2.75, 3.05) is 32.0 Å². The predicted molar refractivity (Wildman–Crippen MR) is 79.2 cm³/mol. The largest absolute Gasteiger partial charge is 0.378 e. The van der Waals surface area contributed by atoms with Gasteiger partial charge in [-0.15, -0.1) is 0 Å². The predicted octanol–water partition coefficient (Wildman–Crippen LogP) is 2.10. The minimum atomic E-state index is 0.192. The molecule has 2 atom stereocenters. The van der Waals surface area contributed by atoms with Crippen LogP contribution in [0, 0.1) is 0 Å². The fraction of sp³-hybridized carbons (Fsp3) is 1.00. The van der Waals surface area contributed by atoms with Gasteiger partial charge in [0.25, 0.3) is 0 Å². The van der Waals surface area contributed by atoms with Crippen LogP contribution in [0.2, 0.25) is 0 Å². The lowest BCUT2D eigenvalue weighted by molar-refractivity contribution is -0.0730. The van der Waals surface area contributed by atoms with Gasteiger partial charge in [-0.2, -0.15) is 11.8 Å². The van der Waals surface area contributed by atoms with Gasteiger partial charge in [0.1, 0.15) is 0 Å². The van der Waals surface area contributed by atoms with Gasteiger partial charge >= 0.3 is 0 Å². The monoisotopic (exact) mass is 272 g/mol. The van der Waals surface area contributed by atoms with Crippen molar-refractivity contribution in [2.45, 2.75) is 56.4 Å². The number of thioether (sulfide) groups is 1. The van der Waals surface area contributed by atoms with E-state index in [2.05, 4.69) is 37.4 Å². The number of nitrogens with zero attached hydrogens (tertiary/aromatic N) is 1. The van der Waals surface area contributed by atoms with Crippen LogP contribution in [-0.2, 0) is 4.74 Å². The average Bonchev–Trinajstić information content (AvgIpc) is 2.37. The summed E-state index contributed by atoms with van der Waals surface area (Å²) in [7, 11) is 0. The number of hydrogen-bond donors (Lipinski definition) is 1. The van der Waals surface area contributed by atoms with Crippen molar-refractivity contribution in [3.05, 3.63) is 0 Å². The molecule has 2 aliphatic heterocycles. The van der Waals surface area contributed by atoms with Gasteiger partial charge in [0.05, 0.1) is 6.10 Å². The van der Waals surface area contributed by atoms with E-state index in [0.29, 0.717) is 10.9 Å². The van der Waals surface area contributed by atoms with E-state index in [9.17, 15) is 0 Å². The fourth-order valence-electron chi connectivity index (χ4n) is 3.29. The Morgan fingerprint density at radius 2 is 2.22 bits per heavy atom. The smallest absolute Gasteiger partial charge is 0.0590 e. The Bertz CT molecular complexity index is 285. The average molecular weight is 272 g/mol. The normalized spacial score (nSPS) is 37.7. The van der Waals surface area contributed by atoms with E-state index in [1.807, 2.05) is 0 Å². The van der Waals surface area contributed by atoms with Crippen LogP contribution < -0.4 is 5.73 Å². The maximum Gasteiger partial charge on any atom is 0.0590 e. The molecular weight excluding hydrogens is 244 g/mol. The third-order valence-corrected chi connectivity index (χ3v) is 5.76. The molecule has 0 amide bonds. The van der Waals surface area contributed by atoms with Crippen molar-refractivity contribution in [3.8, 4) is 0 Å². The Hall–Kier alpha value is 0.230. The van der Waals surface area contributed by atoms with Gasteiger partial charge in [0.15, 0.2) is 0 Å². The molecule has 0 radical (unpaired) electrons. The second-order valence-electron chi connectivity index (χ2n) is 6.31. The first-order valence-corrected chi connectivity index (χ1v) is 8.20. The van der Waals surface area contributed by atoms with Crippen molar-refractivity contribution < 1.29 is 4.74 Å². The van der Waals surface area contributed by atoms with Crippen LogP contribution in [0.25, 0.3) is 0 Å². The molecule has 0 saturated carbocycles. The summed E-state index contributed by atoms with van der Waals surface area (Å²) >= 11 is 2.09. The van der Waals surface area contributed by atoms with E-state index in [0.717, 1.165) is 39.0 Å². The number of rotatable bonds is 3. The van der Waals surface area contributed by atoms with Gasteiger partial charge in [-0.1, -0.05) is 6.92 Å². The second kappa shape index (κ2) is 5.70. The lowest BCUT2D eigenvalue weighted by atomic mass is 9.83. The molecule has 0 aliphatic carbocycles. The summed E-state index contributed by atoms with van der Waals surface area (Å²) in [4.78, 5) is 2.66. The van der Waals surface area contributed by atoms with Crippen LogP contribution in [-0.4, -0.2) is 53.3 Å². The van der Waals surface area contributed by atoms with Crippen LogP contribution in [0.1, 0.15) is 40.0 Å². The molecular formula is C14H28N2OS. The van der Waals surface area contributed by atoms with Crippen LogP contribution in [0.4, 0.5) is 0 Å². The summed E-state index contributed by atoms with van der Waals surface area (Å²) in [6, 6.07) is 0. The van der Waals surface area contributed by atoms with E-state index in [1.54, 1.807) is 0 Å². The Morgan fingerprint density at radius 3 is 2.83 bits per heavy atom. The molecule has 18 heavy (non-hydrogen) atoms. The van der Waals surface area contributed by atoms with Crippen molar-refractivity contribution >= 4 is 11.8 Å². The SMILES string of the molecule is CCC1CC(CN)(N2CCSC(C)(C)C2)CCO1. The van der Waals surface area contributed by atoms with Crippen molar-refractivity contribution in [1.29, 1.82) is 0 Å². The Morgan fingerprint density at radius 1 is 1.44 bits per heavy atom. The molecule has 2 fully saturated rings. The van der Waals surface area contributed by atoms with E-state index < -0.39 is 0 Å². The Balaban J connectivity index is 2.11. The summed E-state index contributed by atoms with van der Waals surface area (Å²) in [5.41, 5.74) is 6.36. The molecule has 106 valence electrons. The van der Waals surface area contributed by atoms with Gasteiger partial charge in [-0.05, 0) is 33.1 Å². The zero-order valence-corrected chi connectivity index (χ0v) is 12.9. The molecule has 2 rings (SSSR count). The lowest BCUT2D eigenvalue weighted by Crippen LogP contribution is -2.62. The third kappa shape index (κ3) is 3.03. The maximum atomic E-state index is 6.17. The van der Waals surface area contributed by atoms with Crippen LogP contribution in [0.5, 0.6) is 0 Å². The van der Waals surface area contributed by atoms with Gasteiger partial charge in [-0.3, -0.25) is 4.90 Å². The summed E-state index contributed by atoms with van der Waals surface area (Å²) in [5, 5.41) is 0. The molecule has 0 aromatic carbocycles. The van der Waals surface area contributed by atoms with Crippen molar-refractivity contribution in [1.82, 2.24) is 4.90 Å². The fourth-order valence-corrected chi connectivity index (χ4v) is 4.40. The Kier molecular flexibility index (Phi) is 4.63. The molecule has 2 saturated heterocycles. The second-order valence-corrected chi connectivity index (χ2v) is 8.12. The molecule has 2 unspecified atom stereocenters. The minimum Gasteiger partial charge on any atom is -0.378 e. The quantitative estimate of drug-likeness (QED) is 0.854. The summed E-state index contributed by atoms with van der Waals surface area (Å²) in [5.74, 6) is 1.23. The number of hydrogen-bond acceptors (Lipinski definition) is 4. The highest BCUT2D eigenvalue weighted by atomic mass is 32.2. The van der Waals surface area contributed by atoms with Crippen molar-refractivity contribution in [3.63, 3.8) is 0 Å². The summed E-state index contributed by atoms with van der Waals surface area (Å²) in [6.07, 6.45) is 3.72. The molecule has 3 nitrogen and oxygen atoms in total. The third-order valence-electron chi connectivity index (χ3n) is 4.46. The molecule has 2 aliphatic rings. The highest BCUT2D eigenvalue weighted by Crippen LogP contribution is 2.38. The highest BCUT2D eigenvalue weighted by molar-refractivity contribution is 8.00.